The molecular formula is C15H18N6O2. The monoisotopic (exact) mass is 314 g/mol. The van der Waals surface area contributed by atoms with Crippen LogP contribution in [0.15, 0.2) is 21.9 Å². The van der Waals surface area contributed by atoms with Crippen molar-refractivity contribution in [2.24, 2.45) is 0 Å². The van der Waals surface area contributed by atoms with Crippen LogP contribution in [0.3, 0.4) is 0 Å². The molecule has 1 aliphatic rings. The highest BCUT2D eigenvalue weighted by Gasteiger charge is 2.19. The van der Waals surface area contributed by atoms with Crippen molar-refractivity contribution < 1.29 is 0 Å². The standard InChI is InChI=1S/C13H12N6O2.C2H6/c14-6-10-11(19-3-1-2-4-19)5-9(17-18-10)8-7-15-13(21)16-12(8)20;1-2/h5,7H,1-4H2,(H2,15,16,20,21);1-2H3. The fourth-order valence-electron chi connectivity index (χ4n) is 2.39. The minimum absolute atomic E-state index is 0.215. The molecule has 8 heteroatoms. The van der Waals surface area contributed by atoms with E-state index in [1.165, 1.54) is 6.20 Å². The quantitative estimate of drug-likeness (QED) is 0.854. The summed E-state index contributed by atoms with van der Waals surface area (Å²) in [4.78, 5) is 29.5. The highest BCUT2D eigenvalue weighted by molar-refractivity contribution is 5.66. The summed E-state index contributed by atoms with van der Waals surface area (Å²) in [5, 5.41) is 16.9. The van der Waals surface area contributed by atoms with Gasteiger partial charge >= 0.3 is 5.69 Å². The Balaban J connectivity index is 0.000000924. The molecule has 3 rings (SSSR count). The molecule has 0 saturated carbocycles. The molecule has 0 radical (unpaired) electrons. The molecule has 23 heavy (non-hydrogen) atoms. The molecule has 0 aliphatic carbocycles. The van der Waals surface area contributed by atoms with E-state index in [4.69, 9.17) is 5.26 Å². The van der Waals surface area contributed by atoms with E-state index < -0.39 is 11.2 Å². The van der Waals surface area contributed by atoms with Crippen LogP contribution in [0.4, 0.5) is 5.69 Å². The van der Waals surface area contributed by atoms with Crippen molar-refractivity contribution in [3.05, 3.63) is 38.8 Å². The molecule has 0 bridgehead atoms. The number of aromatic nitrogens is 4. The smallest absolute Gasteiger partial charge is 0.325 e. The van der Waals surface area contributed by atoms with Gasteiger partial charge in [-0.3, -0.25) is 9.78 Å². The summed E-state index contributed by atoms with van der Waals surface area (Å²) in [5.74, 6) is 0. The van der Waals surface area contributed by atoms with Gasteiger partial charge in [0.25, 0.3) is 5.56 Å². The molecule has 1 saturated heterocycles. The number of anilines is 1. The van der Waals surface area contributed by atoms with Crippen molar-refractivity contribution >= 4 is 5.69 Å². The van der Waals surface area contributed by atoms with Crippen LogP contribution in [-0.2, 0) is 0 Å². The van der Waals surface area contributed by atoms with E-state index in [0.29, 0.717) is 11.4 Å². The molecule has 0 aromatic carbocycles. The molecule has 8 nitrogen and oxygen atoms in total. The zero-order chi connectivity index (χ0) is 16.8. The van der Waals surface area contributed by atoms with Crippen molar-refractivity contribution in [1.82, 2.24) is 20.2 Å². The molecule has 0 atom stereocenters. The van der Waals surface area contributed by atoms with Gasteiger partial charge in [0.1, 0.15) is 11.8 Å². The fourth-order valence-corrected chi connectivity index (χ4v) is 2.39. The Morgan fingerprint density at radius 2 is 1.91 bits per heavy atom. The number of hydrogen-bond donors (Lipinski definition) is 2. The van der Waals surface area contributed by atoms with Crippen LogP contribution < -0.4 is 16.1 Å². The Kier molecular flexibility index (Phi) is 5.25. The van der Waals surface area contributed by atoms with Gasteiger partial charge in [-0.25, -0.2) is 4.79 Å². The predicted octanol–water partition coefficient (Wildman–Crippen LogP) is 1.02. The average Bonchev–Trinajstić information content (AvgIpc) is 3.10. The molecular weight excluding hydrogens is 296 g/mol. The molecule has 0 unspecified atom stereocenters. The molecule has 3 heterocycles. The van der Waals surface area contributed by atoms with Gasteiger partial charge in [0.2, 0.25) is 0 Å². The van der Waals surface area contributed by atoms with Crippen LogP contribution >= 0.6 is 0 Å². The zero-order valence-electron chi connectivity index (χ0n) is 13.1. The van der Waals surface area contributed by atoms with E-state index in [1.54, 1.807) is 6.07 Å². The lowest BCUT2D eigenvalue weighted by molar-refractivity contribution is 0.925. The molecule has 0 amide bonds. The van der Waals surface area contributed by atoms with Gasteiger partial charge in [-0.1, -0.05) is 13.8 Å². The Bertz CT molecular complexity index is 827. The number of H-pyrrole nitrogens is 2. The minimum atomic E-state index is -0.579. The van der Waals surface area contributed by atoms with Crippen molar-refractivity contribution in [1.29, 1.82) is 5.26 Å². The number of aromatic amines is 2. The second-order valence-corrected chi connectivity index (χ2v) is 4.75. The van der Waals surface area contributed by atoms with Crippen LogP contribution in [0.5, 0.6) is 0 Å². The summed E-state index contributed by atoms with van der Waals surface area (Å²) in [6, 6.07) is 3.68. The number of nitriles is 1. The van der Waals surface area contributed by atoms with E-state index in [2.05, 4.69) is 25.1 Å². The van der Waals surface area contributed by atoms with Gasteiger partial charge in [-0.2, -0.15) is 5.26 Å². The van der Waals surface area contributed by atoms with E-state index in [1.807, 2.05) is 19.9 Å². The number of hydrogen-bond acceptors (Lipinski definition) is 6. The third kappa shape index (κ3) is 3.45. The average molecular weight is 314 g/mol. The fraction of sp³-hybridized carbons (Fsp3) is 0.400. The van der Waals surface area contributed by atoms with Crippen LogP contribution in [-0.4, -0.2) is 33.3 Å². The summed E-state index contributed by atoms with van der Waals surface area (Å²) < 4.78 is 0. The Hall–Kier alpha value is -2.95. The highest BCUT2D eigenvalue weighted by Crippen LogP contribution is 2.25. The van der Waals surface area contributed by atoms with Crippen LogP contribution in [0, 0.1) is 11.3 Å². The van der Waals surface area contributed by atoms with Gasteiger partial charge in [0.15, 0.2) is 5.69 Å². The van der Waals surface area contributed by atoms with Crippen molar-refractivity contribution in [2.45, 2.75) is 26.7 Å². The minimum Gasteiger partial charge on any atom is -0.369 e. The maximum absolute atomic E-state index is 11.8. The van der Waals surface area contributed by atoms with E-state index >= 15 is 0 Å². The second-order valence-electron chi connectivity index (χ2n) is 4.75. The summed E-state index contributed by atoms with van der Waals surface area (Å²) in [7, 11) is 0. The SMILES string of the molecule is CC.N#Cc1nnc(-c2c[nH]c(=O)[nH]c2=O)cc1N1CCCC1. The summed E-state index contributed by atoms with van der Waals surface area (Å²) in [5.41, 5.74) is 0.336. The van der Waals surface area contributed by atoms with Gasteiger partial charge in [0, 0.05) is 19.3 Å². The van der Waals surface area contributed by atoms with E-state index in [-0.39, 0.29) is 11.3 Å². The summed E-state index contributed by atoms with van der Waals surface area (Å²) in [6.07, 6.45) is 3.41. The molecule has 0 spiro atoms. The third-order valence-corrected chi connectivity index (χ3v) is 3.42. The Morgan fingerprint density at radius 3 is 2.52 bits per heavy atom. The maximum atomic E-state index is 11.8. The first-order valence-electron chi connectivity index (χ1n) is 7.54. The van der Waals surface area contributed by atoms with Crippen molar-refractivity contribution in [3.63, 3.8) is 0 Å². The lowest BCUT2D eigenvalue weighted by Gasteiger charge is -2.18. The van der Waals surface area contributed by atoms with Crippen LogP contribution in [0.2, 0.25) is 0 Å². The molecule has 120 valence electrons. The Morgan fingerprint density at radius 1 is 1.22 bits per heavy atom. The molecule has 2 aromatic heterocycles. The third-order valence-electron chi connectivity index (χ3n) is 3.42. The molecule has 1 aliphatic heterocycles. The number of nitrogens with one attached hydrogen (secondary N) is 2. The van der Waals surface area contributed by atoms with E-state index in [0.717, 1.165) is 25.9 Å². The number of rotatable bonds is 2. The van der Waals surface area contributed by atoms with Crippen LogP contribution in [0.25, 0.3) is 11.3 Å². The van der Waals surface area contributed by atoms with E-state index in [9.17, 15) is 9.59 Å². The Labute approximate surface area is 132 Å². The largest absolute Gasteiger partial charge is 0.369 e. The van der Waals surface area contributed by atoms with Crippen molar-refractivity contribution in [3.8, 4) is 17.3 Å². The maximum Gasteiger partial charge on any atom is 0.325 e. The second kappa shape index (κ2) is 7.35. The summed E-state index contributed by atoms with van der Waals surface area (Å²) >= 11 is 0. The molecule has 2 aromatic rings. The van der Waals surface area contributed by atoms with Gasteiger partial charge in [-0.05, 0) is 18.9 Å². The van der Waals surface area contributed by atoms with Crippen molar-refractivity contribution in [2.75, 3.05) is 18.0 Å². The van der Waals surface area contributed by atoms with Crippen LogP contribution in [0.1, 0.15) is 32.4 Å². The first-order valence-corrected chi connectivity index (χ1v) is 7.54. The molecule has 2 N–H and O–H groups in total. The topological polar surface area (TPSA) is 119 Å². The van der Waals surface area contributed by atoms with Gasteiger partial charge < -0.3 is 9.88 Å². The summed E-state index contributed by atoms with van der Waals surface area (Å²) in [6.45, 7) is 5.70. The highest BCUT2D eigenvalue weighted by atomic mass is 16.2. The van der Waals surface area contributed by atoms with Gasteiger partial charge in [0.05, 0.1) is 11.3 Å². The lowest BCUT2D eigenvalue weighted by atomic mass is 10.2. The first kappa shape index (κ1) is 16.4. The normalized spacial score (nSPS) is 13.2. The number of nitrogens with zero attached hydrogens (tertiary/aromatic N) is 4. The van der Waals surface area contributed by atoms with Gasteiger partial charge in [-0.15, -0.1) is 10.2 Å². The first-order chi connectivity index (χ1) is 11.2. The zero-order valence-corrected chi connectivity index (χ0v) is 13.1. The lowest BCUT2D eigenvalue weighted by Crippen LogP contribution is -2.23. The molecule has 1 fully saturated rings. The predicted molar refractivity (Wildman–Crippen MR) is 86.2 cm³/mol.